The van der Waals surface area contributed by atoms with Crippen molar-refractivity contribution in [3.05, 3.63) is 60.2 Å². The molecule has 2 aromatic rings. The predicted octanol–water partition coefficient (Wildman–Crippen LogP) is 2.38. The second-order valence-electron chi connectivity index (χ2n) is 7.33. The van der Waals surface area contributed by atoms with Crippen LogP contribution in [0, 0.1) is 5.92 Å². The summed E-state index contributed by atoms with van der Waals surface area (Å²) in [5.41, 5.74) is 3.34. The number of rotatable bonds is 7. The van der Waals surface area contributed by atoms with E-state index in [1.54, 1.807) is 4.90 Å². The molecule has 0 unspecified atom stereocenters. The molecule has 0 spiro atoms. The molecule has 1 atom stereocenters. The monoisotopic (exact) mass is 365 g/mol. The first-order chi connectivity index (χ1) is 13.0. The lowest BCUT2D eigenvalue weighted by Gasteiger charge is -2.19. The molecule has 0 saturated carbocycles. The molecule has 2 amide bonds. The minimum absolute atomic E-state index is 0.0409. The van der Waals surface area contributed by atoms with Gasteiger partial charge in [-0.1, -0.05) is 48.5 Å². The number of hydrogen-bond donors (Lipinski definition) is 1. The molecule has 0 bridgehead atoms. The van der Waals surface area contributed by atoms with Crippen molar-refractivity contribution >= 4 is 11.8 Å². The van der Waals surface area contributed by atoms with Crippen LogP contribution in [-0.4, -0.2) is 55.3 Å². The second kappa shape index (κ2) is 8.82. The van der Waals surface area contributed by atoms with Gasteiger partial charge in [0.1, 0.15) is 0 Å². The second-order valence-corrected chi connectivity index (χ2v) is 7.33. The summed E-state index contributed by atoms with van der Waals surface area (Å²) in [6, 6.07) is 18.4. The maximum Gasteiger partial charge on any atom is 0.225 e. The highest BCUT2D eigenvalue weighted by Gasteiger charge is 2.33. The number of likely N-dealkylation sites (tertiary alicyclic amines) is 1. The molecule has 2 aromatic carbocycles. The number of likely N-dealkylation sites (N-methyl/N-ethyl adjacent to an activating group) is 1. The molecule has 0 radical (unpaired) electrons. The topological polar surface area (TPSA) is 52.6 Å². The Morgan fingerprint density at radius 2 is 1.85 bits per heavy atom. The van der Waals surface area contributed by atoms with E-state index in [9.17, 15) is 9.59 Å². The van der Waals surface area contributed by atoms with Crippen LogP contribution >= 0.6 is 0 Å². The largest absolute Gasteiger partial charge is 0.352 e. The molecule has 1 aliphatic rings. The van der Waals surface area contributed by atoms with Gasteiger partial charge in [0, 0.05) is 32.6 Å². The molecule has 27 heavy (non-hydrogen) atoms. The van der Waals surface area contributed by atoms with Gasteiger partial charge in [0.2, 0.25) is 11.8 Å². The van der Waals surface area contributed by atoms with E-state index in [0.29, 0.717) is 26.1 Å². The minimum Gasteiger partial charge on any atom is -0.352 e. The van der Waals surface area contributed by atoms with Gasteiger partial charge in [0.25, 0.3) is 0 Å². The van der Waals surface area contributed by atoms with Gasteiger partial charge in [0.15, 0.2) is 0 Å². The average Bonchev–Trinajstić information content (AvgIpc) is 3.06. The highest BCUT2D eigenvalue weighted by Crippen LogP contribution is 2.21. The summed E-state index contributed by atoms with van der Waals surface area (Å²) in [7, 11) is 3.96. The van der Waals surface area contributed by atoms with Gasteiger partial charge in [-0.2, -0.15) is 0 Å². The molecule has 0 aromatic heterocycles. The zero-order chi connectivity index (χ0) is 19.2. The fourth-order valence-electron chi connectivity index (χ4n) is 3.31. The van der Waals surface area contributed by atoms with Crippen molar-refractivity contribution < 1.29 is 9.59 Å². The molecule has 142 valence electrons. The zero-order valence-electron chi connectivity index (χ0n) is 16.0. The lowest BCUT2D eigenvalue weighted by atomic mass is 10.0. The van der Waals surface area contributed by atoms with Gasteiger partial charge in [-0.25, -0.2) is 0 Å². The zero-order valence-corrected chi connectivity index (χ0v) is 16.0. The lowest BCUT2D eigenvalue weighted by Crippen LogP contribution is -2.35. The lowest BCUT2D eigenvalue weighted by molar-refractivity contribution is -0.129. The van der Waals surface area contributed by atoms with Crippen LogP contribution in [0.1, 0.15) is 12.0 Å². The van der Waals surface area contributed by atoms with E-state index in [0.717, 1.165) is 23.2 Å². The summed E-state index contributed by atoms with van der Waals surface area (Å²) in [4.78, 5) is 28.4. The molecule has 3 rings (SSSR count). The van der Waals surface area contributed by atoms with Crippen LogP contribution in [0.2, 0.25) is 0 Å². The Morgan fingerprint density at radius 3 is 2.59 bits per heavy atom. The van der Waals surface area contributed by atoms with E-state index >= 15 is 0 Å². The predicted molar refractivity (Wildman–Crippen MR) is 107 cm³/mol. The van der Waals surface area contributed by atoms with E-state index in [-0.39, 0.29) is 17.7 Å². The normalized spacial score (nSPS) is 16.8. The Hall–Kier alpha value is -2.66. The molecule has 1 N–H and O–H groups in total. The maximum atomic E-state index is 12.5. The van der Waals surface area contributed by atoms with Crippen molar-refractivity contribution in [2.75, 3.05) is 33.7 Å². The summed E-state index contributed by atoms with van der Waals surface area (Å²) < 4.78 is 0. The van der Waals surface area contributed by atoms with Gasteiger partial charge in [-0.05, 0) is 36.9 Å². The number of amides is 2. The Morgan fingerprint density at radius 1 is 1.11 bits per heavy atom. The Labute approximate surface area is 161 Å². The van der Waals surface area contributed by atoms with Crippen LogP contribution in [0.15, 0.2) is 54.6 Å². The summed E-state index contributed by atoms with van der Waals surface area (Å²) in [5, 5.41) is 3.00. The van der Waals surface area contributed by atoms with Crippen LogP contribution < -0.4 is 5.32 Å². The molecule has 5 heteroatoms. The van der Waals surface area contributed by atoms with E-state index in [1.807, 2.05) is 49.3 Å². The van der Waals surface area contributed by atoms with E-state index in [1.165, 1.54) is 0 Å². The van der Waals surface area contributed by atoms with Gasteiger partial charge in [-0.3, -0.25) is 9.59 Å². The van der Waals surface area contributed by atoms with E-state index in [2.05, 4.69) is 29.6 Å². The van der Waals surface area contributed by atoms with Gasteiger partial charge in [0.05, 0.1) is 5.92 Å². The smallest absolute Gasteiger partial charge is 0.225 e. The third kappa shape index (κ3) is 5.17. The van der Waals surface area contributed by atoms with Crippen molar-refractivity contribution in [1.29, 1.82) is 0 Å². The van der Waals surface area contributed by atoms with Crippen molar-refractivity contribution in [2.45, 2.75) is 13.0 Å². The molecule has 1 heterocycles. The van der Waals surface area contributed by atoms with Gasteiger partial charge in [-0.15, -0.1) is 0 Å². The van der Waals surface area contributed by atoms with Crippen molar-refractivity contribution in [1.82, 2.24) is 15.1 Å². The molecular weight excluding hydrogens is 338 g/mol. The Balaban J connectivity index is 1.55. The first-order valence-electron chi connectivity index (χ1n) is 9.37. The number of hydrogen-bond acceptors (Lipinski definition) is 3. The molecular formula is C22H27N3O2. The SMILES string of the molecule is CN(C)CCN1C[C@H](C(=O)NCc2cccc(-c3ccccc3)c2)CC1=O. The minimum atomic E-state index is -0.253. The number of carbonyl (C=O) groups excluding carboxylic acids is 2. The Kier molecular flexibility index (Phi) is 6.24. The van der Waals surface area contributed by atoms with E-state index < -0.39 is 0 Å². The molecule has 5 nitrogen and oxygen atoms in total. The van der Waals surface area contributed by atoms with Crippen molar-refractivity contribution in [3.63, 3.8) is 0 Å². The Bertz CT molecular complexity index is 789. The standard InChI is InChI=1S/C22H27N3O2/c1-24(2)11-12-25-16-20(14-21(25)26)22(27)23-15-17-7-6-10-19(13-17)18-8-4-3-5-9-18/h3-10,13,20H,11-12,14-16H2,1-2H3,(H,23,27)/t20-/m1/s1. The number of nitrogens with zero attached hydrogens (tertiary/aromatic N) is 2. The van der Waals surface area contributed by atoms with Crippen molar-refractivity contribution in [2.24, 2.45) is 5.92 Å². The summed E-state index contributed by atoms with van der Waals surface area (Å²) in [6.07, 6.45) is 0.309. The molecule has 1 fully saturated rings. The van der Waals surface area contributed by atoms with Crippen LogP contribution in [-0.2, 0) is 16.1 Å². The number of benzene rings is 2. The molecule has 1 saturated heterocycles. The van der Waals surface area contributed by atoms with Crippen LogP contribution in [0.4, 0.5) is 0 Å². The first kappa shape index (κ1) is 19.1. The molecule has 1 aliphatic heterocycles. The van der Waals surface area contributed by atoms with E-state index in [4.69, 9.17) is 0 Å². The van der Waals surface area contributed by atoms with Crippen LogP contribution in [0.5, 0.6) is 0 Å². The quantitative estimate of drug-likeness (QED) is 0.820. The number of carbonyl (C=O) groups is 2. The van der Waals surface area contributed by atoms with Gasteiger partial charge >= 0.3 is 0 Å². The molecule has 0 aliphatic carbocycles. The van der Waals surface area contributed by atoms with Gasteiger partial charge < -0.3 is 15.1 Å². The highest BCUT2D eigenvalue weighted by atomic mass is 16.2. The average molecular weight is 365 g/mol. The third-order valence-electron chi connectivity index (χ3n) is 4.90. The summed E-state index contributed by atoms with van der Waals surface area (Å²) >= 11 is 0. The van der Waals surface area contributed by atoms with Crippen molar-refractivity contribution in [3.8, 4) is 11.1 Å². The maximum absolute atomic E-state index is 12.5. The summed E-state index contributed by atoms with van der Waals surface area (Å²) in [5.74, 6) is -0.221. The third-order valence-corrected chi connectivity index (χ3v) is 4.90. The highest BCUT2D eigenvalue weighted by molar-refractivity contribution is 5.89. The summed E-state index contributed by atoms with van der Waals surface area (Å²) in [6.45, 7) is 2.48. The fourth-order valence-corrected chi connectivity index (χ4v) is 3.31. The first-order valence-corrected chi connectivity index (χ1v) is 9.37. The van der Waals surface area contributed by atoms with Crippen LogP contribution in [0.25, 0.3) is 11.1 Å². The van der Waals surface area contributed by atoms with Crippen LogP contribution in [0.3, 0.4) is 0 Å². The fraction of sp³-hybridized carbons (Fsp3) is 0.364. The number of nitrogens with one attached hydrogen (secondary N) is 1.